The smallest absolute Gasteiger partial charge is 0.339 e. The highest BCUT2D eigenvalue weighted by molar-refractivity contribution is 5.76. The van der Waals surface area contributed by atoms with Gasteiger partial charge in [-0.25, -0.2) is 4.79 Å². The molecule has 0 aromatic rings. The SMILES string of the molecule is CCOC=CC(OCCC(=O)O)C(=O)OCC. The van der Waals surface area contributed by atoms with Gasteiger partial charge < -0.3 is 19.3 Å². The van der Waals surface area contributed by atoms with E-state index in [-0.39, 0.29) is 19.6 Å². The van der Waals surface area contributed by atoms with Crippen LogP contribution >= 0.6 is 0 Å². The van der Waals surface area contributed by atoms with E-state index in [2.05, 4.69) is 0 Å². The largest absolute Gasteiger partial charge is 0.502 e. The van der Waals surface area contributed by atoms with Gasteiger partial charge in [0.1, 0.15) is 0 Å². The molecule has 0 fully saturated rings. The lowest BCUT2D eigenvalue weighted by molar-refractivity contribution is -0.155. The van der Waals surface area contributed by atoms with Crippen LogP contribution in [0.4, 0.5) is 0 Å². The van der Waals surface area contributed by atoms with Crippen molar-refractivity contribution < 1.29 is 28.9 Å². The Morgan fingerprint density at radius 2 is 2.00 bits per heavy atom. The average Bonchev–Trinajstić information content (AvgIpc) is 2.27. The number of aliphatic carboxylic acids is 1. The number of rotatable bonds is 9. The Labute approximate surface area is 100 Å². The van der Waals surface area contributed by atoms with E-state index in [0.717, 1.165) is 0 Å². The third-order valence-corrected chi connectivity index (χ3v) is 1.65. The summed E-state index contributed by atoms with van der Waals surface area (Å²) in [5.74, 6) is -1.55. The average molecular weight is 246 g/mol. The van der Waals surface area contributed by atoms with Gasteiger partial charge in [-0.1, -0.05) is 0 Å². The van der Waals surface area contributed by atoms with E-state index in [1.54, 1.807) is 13.8 Å². The molecule has 0 heterocycles. The van der Waals surface area contributed by atoms with Crippen molar-refractivity contribution in [2.24, 2.45) is 0 Å². The van der Waals surface area contributed by atoms with Crippen molar-refractivity contribution in [2.75, 3.05) is 19.8 Å². The van der Waals surface area contributed by atoms with Crippen molar-refractivity contribution in [1.29, 1.82) is 0 Å². The van der Waals surface area contributed by atoms with E-state index in [4.69, 9.17) is 19.3 Å². The van der Waals surface area contributed by atoms with Gasteiger partial charge in [0.15, 0.2) is 6.10 Å². The summed E-state index contributed by atoms with van der Waals surface area (Å²) in [6, 6.07) is 0. The summed E-state index contributed by atoms with van der Waals surface area (Å²) in [4.78, 5) is 21.7. The molecule has 1 atom stereocenters. The molecular weight excluding hydrogens is 228 g/mol. The highest BCUT2D eigenvalue weighted by Gasteiger charge is 2.17. The number of carboxylic acid groups (broad SMARTS) is 1. The van der Waals surface area contributed by atoms with E-state index in [0.29, 0.717) is 6.61 Å². The van der Waals surface area contributed by atoms with Gasteiger partial charge in [-0.15, -0.1) is 0 Å². The lowest BCUT2D eigenvalue weighted by Crippen LogP contribution is -2.25. The number of hydrogen-bond donors (Lipinski definition) is 1. The molecule has 0 spiro atoms. The molecule has 6 heteroatoms. The third kappa shape index (κ3) is 8.27. The summed E-state index contributed by atoms with van der Waals surface area (Å²) >= 11 is 0. The van der Waals surface area contributed by atoms with E-state index < -0.39 is 18.0 Å². The van der Waals surface area contributed by atoms with Gasteiger partial charge in [-0.05, 0) is 19.9 Å². The Morgan fingerprint density at radius 1 is 1.29 bits per heavy atom. The van der Waals surface area contributed by atoms with Gasteiger partial charge in [0.2, 0.25) is 0 Å². The maximum Gasteiger partial charge on any atom is 0.339 e. The second-order valence-corrected chi connectivity index (χ2v) is 2.97. The molecule has 0 aromatic heterocycles. The Hall–Kier alpha value is -1.56. The number of carbonyl (C=O) groups is 2. The van der Waals surface area contributed by atoms with Gasteiger partial charge >= 0.3 is 11.9 Å². The van der Waals surface area contributed by atoms with Crippen LogP contribution in [0.3, 0.4) is 0 Å². The van der Waals surface area contributed by atoms with E-state index >= 15 is 0 Å². The zero-order valence-electron chi connectivity index (χ0n) is 10.0. The Kier molecular flexibility index (Phi) is 8.77. The van der Waals surface area contributed by atoms with Crippen molar-refractivity contribution >= 4 is 11.9 Å². The van der Waals surface area contributed by atoms with Crippen LogP contribution in [0.2, 0.25) is 0 Å². The molecule has 98 valence electrons. The first-order chi connectivity index (χ1) is 8.11. The fourth-order valence-corrected chi connectivity index (χ4v) is 0.923. The predicted molar refractivity (Wildman–Crippen MR) is 59.4 cm³/mol. The zero-order chi connectivity index (χ0) is 13.1. The summed E-state index contributed by atoms with van der Waals surface area (Å²) in [7, 11) is 0. The minimum atomic E-state index is -0.985. The van der Waals surface area contributed by atoms with Gasteiger partial charge in [-0.3, -0.25) is 4.79 Å². The summed E-state index contributed by atoms with van der Waals surface area (Å²) in [6.45, 7) is 4.13. The normalized spacial score (nSPS) is 12.4. The van der Waals surface area contributed by atoms with Gasteiger partial charge in [0, 0.05) is 0 Å². The summed E-state index contributed by atoms with van der Waals surface area (Å²) in [5, 5.41) is 8.44. The summed E-state index contributed by atoms with van der Waals surface area (Å²) in [5.41, 5.74) is 0. The molecule has 0 bridgehead atoms. The number of hydrogen-bond acceptors (Lipinski definition) is 5. The third-order valence-electron chi connectivity index (χ3n) is 1.65. The number of ether oxygens (including phenoxy) is 3. The maximum absolute atomic E-state index is 11.4. The second-order valence-electron chi connectivity index (χ2n) is 2.97. The van der Waals surface area contributed by atoms with Crippen molar-refractivity contribution in [3.8, 4) is 0 Å². The van der Waals surface area contributed by atoms with Gasteiger partial charge in [0.05, 0.1) is 32.5 Å². The molecule has 6 nitrogen and oxygen atoms in total. The minimum Gasteiger partial charge on any atom is -0.502 e. The minimum absolute atomic E-state index is 0.0602. The molecule has 0 radical (unpaired) electrons. The molecule has 0 amide bonds. The molecule has 0 aliphatic carbocycles. The monoisotopic (exact) mass is 246 g/mol. The Morgan fingerprint density at radius 3 is 2.53 bits per heavy atom. The highest BCUT2D eigenvalue weighted by Crippen LogP contribution is 2.00. The highest BCUT2D eigenvalue weighted by atomic mass is 16.6. The van der Waals surface area contributed by atoms with Crippen molar-refractivity contribution in [3.05, 3.63) is 12.3 Å². The topological polar surface area (TPSA) is 82.1 Å². The first-order valence-electron chi connectivity index (χ1n) is 5.40. The van der Waals surface area contributed by atoms with Gasteiger partial charge in [0.25, 0.3) is 0 Å². The van der Waals surface area contributed by atoms with Crippen LogP contribution in [0.15, 0.2) is 12.3 Å². The molecule has 0 aliphatic rings. The molecule has 0 aliphatic heterocycles. The van der Waals surface area contributed by atoms with E-state index in [1.807, 2.05) is 0 Å². The lowest BCUT2D eigenvalue weighted by atomic mass is 10.3. The number of carboxylic acids is 1. The van der Waals surface area contributed by atoms with Crippen LogP contribution in [-0.4, -0.2) is 43.0 Å². The number of esters is 1. The van der Waals surface area contributed by atoms with Crippen LogP contribution < -0.4 is 0 Å². The first kappa shape index (κ1) is 15.4. The fraction of sp³-hybridized carbons (Fsp3) is 0.636. The van der Waals surface area contributed by atoms with Crippen LogP contribution in [-0.2, 0) is 23.8 Å². The molecule has 1 unspecified atom stereocenters. The zero-order valence-corrected chi connectivity index (χ0v) is 10.0. The molecule has 17 heavy (non-hydrogen) atoms. The van der Waals surface area contributed by atoms with Crippen molar-refractivity contribution in [1.82, 2.24) is 0 Å². The van der Waals surface area contributed by atoms with Crippen molar-refractivity contribution in [2.45, 2.75) is 26.4 Å². The lowest BCUT2D eigenvalue weighted by Gasteiger charge is -2.12. The van der Waals surface area contributed by atoms with Crippen LogP contribution in [0.5, 0.6) is 0 Å². The van der Waals surface area contributed by atoms with E-state index in [9.17, 15) is 9.59 Å². The van der Waals surface area contributed by atoms with Crippen molar-refractivity contribution in [3.63, 3.8) is 0 Å². The summed E-state index contributed by atoms with van der Waals surface area (Å²) < 4.78 is 14.8. The fourth-order valence-electron chi connectivity index (χ4n) is 0.923. The Bertz CT molecular complexity index is 261. The summed E-state index contributed by atoms with van der Waals surface area (Å²) in [6.07, 6.45) is 1.63. The molecule has 0 rings (SSSR count). The standard InChI is InChI=1S/C11H18O6/c1-3-15-7-5-9(11(14)16-4-2)17-8-6-10(12)13/h5,7,9H,3-4,6,8H2,1-2H3,(H,12,13). The van der Waals surface area contributed by atoms with E-state index in [1.165, 1.54) is 12.3 Å². The Balaban J connectivity index is 4.19. The second kappa shape index (κ2) is 9.65. The molecular formula is C11H18O6. The van der Waals surface area contributed by atoms with Crippen LogP contribution in [0.1, 0.15) is 20.3 Å². The molecule has 0 saturated carbocycles. The molecule has 0 saturated heterocycles. The van der Waals surface area contributed by atoms with Crippen LogP contribution in [0, 0.1) is 0 Å². The molecule has 1 N–H and O–H groups in total. The maximum atomic E-state index is 11.4. The predicted octanol–water partition coefficient (Wildman–Crippen LogP) is 0.960. The van der Waals surface area contributed by atoms with Gasteiger partial charge in [-0.2, -0.15) is 0 Å². The quantitative estimate of drug-likeness (QED) is 0.482. The van der Waals surface area contributed by atoms with Crippen LogP contribution in [0.25, 0.3) is 0 Å². The molecule has 0 aromatic carbocycles. The first-order valence-corrected chi connectivity index (χ1v) is 5.40. The number of carbonyl (C=O) groups excluding carboxylic acids is 1.